The fourth-order valence-electron chi connectivity index (χ4n) is 3.27. The summed E-state index contributed by atoms with van der Waals surface area (Å²) in [6.45, 7) is 2.90. The van der Waals surface area contributed by atoms with Crippen molar-refractivity contribution in [3.8, 4) is 0 Å². The lowest BCUT2D eigenvalue weighted by atomic mass is 10.00. The lowest BCUT2D eigenvalue weighted by Crippen LogP contribution is -2.48. The number of halogens is 1. The SMILES string of the molecule is Cl.O=C(NCC1CNC1)C1CC1c1cccc2ccccc12. The smallest absolute Gasteiger partial charge is 0.223 e. The first-order valence-electron chi connectivity index (χ1n) is 7.79. The van der Waals surface area contributed by atoms with Gasteiger partial charge in [-0.1, -0.05) is 42.5 Å². The van der Waals surface area contributed by atoms with Crippen molar-refractivity contribution in [2.75, 3.05) is 19.6 Å². The fourth-order valence-corrected chi connectivity index (χ4v) is 3.27. The summed E-state index contributed by atoms with van der Waals surface area (Å²) < 4.78 is 0. The molecular weight excluding hydrogens is 296 g/mol. The monoisotopic (exact) mass is 316 g/mol. The van der Waals surface area contributed by atoms with Crippen LogP contribution in [-0.4, -0.2) is 25.5 Å². The third-order valence-electron chi connectivity index (χ3n) is 4.78. The molecule has 22 heavy (non-hydrogen) atoms. The van der Waals surface area contributed by atoms with E-state index in [1.807, 2.05) is 0 Å². The first-order chi connectivity index (χ1) is 10.3. The predicted octanol–water partition coefficient (Wildman–Crippen LogP) is 2.70. The topological polar surface area (TPSA) is 41.1 Å². The van der Waals surface area contributed by atoms with Crippen LogP contribution in [0.15, 0.2) is 42.5 Å². The van der Waals surface area contributed by atoms with E-state index in [1.165, 1.54) is 16.3 Å². The van der Waals surface area contributed by atoms with Crippen LogP contribution in [-0.2, 0) is 4.79 Å². The van der Waals surface area contributed by atoms with Crippen LogP contribution in [0.5, 0.6) is 0 Å². The standard InChI is InChI=1S/C18H20N2O.ClH/c21-18(20-11-12-9-19-10-12)17-8-16(17)15-7-3-5-13-4-1-2-6-14(13)15;/h1-7,12,16-17,19H,8-11H2,(H,20,21);1H. The minimum Gasteiger partial charge on any atom is -0.355 e. The Kier molecular flexibility index (Phi) is 4.37. The molecular formula is C18H21ClN2O. The van der Waals surface area contributed by atoms with Crippen molar-refractivity contribution in [1.29, 1.82) is 0 Å². The van der Waals surface area contributed by atoms with Crippen LogP contribution in [0.4, 0.5) is 0 Å². The second-order valence-electron chi connectivity index (χ2n) is 6.29. The van der Waals surface area contributed by atoms with Crippen molar-refractivity contribution in [3.63, 3.8) is 0 Å². The Morgan fingerprint density at radius 3 is 2.68 bits per heavy atom. The summed E-state index contributed by atoms with van der Waals surface area (Å²) in [5.74, 6) is 1.43. The van der Waals surface area contributed by atoms with E-state index in [0.29, 0.717) is 11.8 Å². The van der Waals surface area contributed by atoms with E-state index in [2.05, 4.69) is 53.1 Å². The van der Waals surface area contributed by atoms with E-state index in [4.69, 9.17) is 0 Å². The van der Waals surface area contributed by atoms with E-state index < -0.39 is 0 Å². The zero-order chi connectivity index (χ0) is 14.2. The van der Waals surface area contributed by atoms with Gasteiger partial charge in [0.25, 0.3) is 0 Å². The Bertz CT molecular complexity index is 678. The van der Waals surface area contributed by atoms with Crippen LogP contribution in [0.2, 0.25) is 0 Å². The van der Waals surface area contributed by atoms with Gasteiger partial charge in [-0.25, -0.2) is 0 Å². The zero-order valence-electron chi connectivity index (χ0n) is 12.4. The molecule has 1 heterocycles. The molecule has 1 saturated heterocycles. The molecule has 2 unspecified atom stereocenters. The highest BCUT2D eigenvalue weighted by molar-refractivity contribution is 5.89. The number of carbonyl (C=O) groups excluding carboxylic acids is 1. The Balaban J connectivity index is 0.00000144. The Hall–Kier alpha value is -1.58. The molecule has 0 radical (unpaired) electrons. The molecule has 116 valence electrons. The molecule has 4 heteroatoms. The molecule has 3 nitrogen and oxygen atoms in total. The molecule has 2 aliphatic rings. The van der Waals surface area contributed by atoms with E-state index in [0.717, 1.165) is 26.1 Å². The molecule has 1 saturated carbocycles. The van der Waals surface area contributed by atoms with E-state index in [9.17, 15) is 4.79 Å². The fraction of sp³-hybridized carbons (Fsp3) is 0.389. The number of hydrogen-bond donors (Lipinski definition) is 2. The van der Waals surface area contributed by atoms with Gasteiger partial charge >= 0.3 is 0 Å². The maximum absolute atomic E-state index is 12.2. The minimum absolute atomic E-state index is 0. The summed E-state index contributed by atoms with van der Waals surface area (Å²) in [6, 6.07) is 14.9. The van der Waals surface area contributed by atoms with Crippen molar-refractivity contribution in [2.45, 2.75) is 12.3 Å². The van der Waals surface area contributed by atoms with Crippen LogP contribution in [0.25, 0.3) is 10.8 Å². The van der Waals surface area contributed by atoms with Gasteiger partial charge in [0.2, 0.25) is 5.91 Å². The van der Waals surface area contributed by atoms with Gasteiger partial charge in [-0.15, -0.1) is 12.4 Å². The quantitative estimate of drug-likeness (QED) is 0.910. The molecule has 2 aromatic rings. The largest absolute Gasteiger partial charge is 0.355 e. The van der Waals surface area contributed by atoms with Gasteiger partial charge in [-0.05, 0) is 28.7 Å². The number of fused-ring (bicyclic) bond motifs is 1. The Labute approximate surface area is 136 Å². The van der Waals surface area contributed by atoms with E-state index in [-0.39, 0.29) is 24.2 Å². The molecule has 1 amide bonds. The van der Waals surface area contributed by atoms with Crippen molar-refractivity contribution < 1.29 is 4.79 Å². The normalized spacial score (nSPS) is 23.5. The van der Waals surface area contributed by atoms with Crippen LogP contribution >= 0.6 is 12.4 Å². The number of carbonyl (C=O) groups is 1. The summed E-state index contributed by atoms with van der Waals surface area (Å²) in [5.41, 5.74) is 1.33. The average molecular weight is 317 g/mol. The molecule has 2 fully saturated rings. The second kappa shape index (κ2) is 6.27. The lowest BCUT2D eigenvalue weighted by Gasteiger charge is -2.27. The molecule has 2 atom stereocenters. The summed E-state index contributed by atoms with van der Waals surface area (Å²) in [4.78, 5) is 12.2. The number of rotatable bonds is 4. The number of hydrogen-bond acceptors (Lipinski definition) is 2. The van der Waals surface area contributed by atoms with Gasteiger partial charge in [-0.3, -0.25) is 4.79 Å². The molecule has 1 aliphatic carbocycles. The summed E-state index contributed by atoms with van der Waals surface area (Å²) in [7, 11) is 0. The lowest BCUT2D eigenvalue weighted by molar-refractivity contribution is -0.122. The second-order valence-corrected chi connectivity index (χ2v) is 6.29. The van der Waals surface area contributed by atoms with Crippen LogP contribution in [0.1, 0.15) is 17.9 Å². The van der Waals surface area contributed by atoms with Gasteiger partial charge in [0, 0.05) is 31.5 Å². The van der Waals surface area contributed by atoms with Crippen molar-refractivity contribution in [2.24, 2.45) is 11.8 Å². The summed E-state index contributed by atoms with van der Waals surface area (Å²) >= 11 is 0. The number of amides is 1. The Morgan fingerprint density at radius 2 is 1.91 bits per heavy atom. The molecule has 4 rings (SSSR count). The highest BCUT2D eigenvalue weighted by atomic mass is 35.5. The van der Waals surface area contributed by atoms with Gasteiger partial charge in [0.05, 0.1) is 0 Å². The first-order valence-corrected chi connectivity index (χ1v) is 7.79. The third-order valence-corrected chi connectivity index (χ3v) is 4.78. The zero-order valence-corrected chi connectivity index (χ0v) is 13.2. The van der Waals surface area contributed by atoms with Crippen LogP contribution in [0, 0.1) is 11.8 Å². The molecule has 2 N–H and O–H groups in total. The summed E-state index contributed by atoms with van der Waals surface area (Å²) in [5, 5.41) is 8.91. The van der Waals surface area contributed by atoms with Crippen LogP contribution < -0.4 is 10.6 Å². The first kappa shape index (κ1) is 15.3. The molecule has 1 aliphatic heterocycles. The Morgan fingerprint density at radius 1 is 1.14 bits per heavy atom. The van der Waals surface area contributed by atoms with Crippen molar-refractivity contribution >= 4 is 29.1 Å². The van der Waals surface area contributed by atoms with Gasteiger partial charge in [0.15, 0.2) is 0 Å². The third kappa shape index (κ3) is 2.83. The molecule has 0 spiro atoms. The predicted molar refractivity (Wildman–Crippen MR) is 91.4 cm³/mol. The highest BCUT2D eigenvalue weighted by Crippen LogP contribution is 2.49. The molecule has 2 aromatic carbocycles. The average Bonchev–Trinajstić information content (AvgIpc) is 3.25. The number of benzene rings is 2. The van der Waals surface area contributed by atoms with E-state index >= 15 is 0 Å². The van der Waals surface area contributed by atoms with Gasteiger partial charge < -0.3 is 10.6 Å². The minimum atomic E-state index is 0. The summed E-state index contributed by atoms with van der Waals surface area (Å²) in [6.07, 6.45) is 0.989. The molecule has 0 bridgehead atoms. The van der Waals surface area contributed by atoms with Crippen LogP contribution in [0.3, 0.4) is 0 Å². The number of nitrogens with one attached hydrogen (secondary N) is 2. The van der Waals surface area contributed by atoms with Crippen molar-refractivity contribution in [1.82, 2.24) is 10.6 Å². The van der Waals surface area contributed by atoms with Gasteiger partial charge in [0.1, 0.15) is 0 Å². The molecule has 0 aromatic heterocycles. The highest BCUT2D eigenvalue weighted by Gasteiger charge is 2.44. The maximum Gasteiger partial charge on any atom is 0.223 e. The maximum atomic E-state index is 12.2. The van der Waals surface area contributed by atoms with Gasteiger partial charge in [-0.2, -0.15) is 0 Å². The van der Waals surface area contributed by atoms with Crippen molar-refractivity contribution in [3.05, 3.63) is 48.0 Å². The van der Waals surface area contributed by atoms with E-state index in [1.54, 1.807) is 0 Å².